The monoisotopic (exact) mass is 322 g/mol. The van der Waals surface area contributed by atoms with Gasteiger partial charge in [-0.05, 0) is 32.8 Å². The van der Waals surface area contributed by atoms with Crippen LogP contribution in [0.5, 0.6) is 5.75 Å². The molecule has 2 aromatic rings. The lowest BCUT2D eigenvalue weighted by molar-refractivity contribution is -0.149. The molecular weight excluding hydrogens is 308 g/mol. The molecule has 1 fully saturated rings. The zero-order valence-corrected chi connectivity index (χ0v) is 12.1. The summed E-state index contributed by atoms with van der Waals surface area (Å²) in [7, 11) is 1.60. The number of aliphatic hydroxyl groups excluding tert-OH is 1. The molecule has 0 radical (unpaired) electrons. The van der Waals surface area contributed by atoms with Crippen molar-refractivity contribution < 1.29 is 14.6 Å². The van der Waals surface area contributed by atoms with E-state index in [1.165, 1.54) is 5.39 Å². The van der Waals surface area contributed by atoms with E-state index in [1.807, 2.05) is 24.3 Å². The summed E-state index contributed by atoms with van der Waals surface area (Å²) in [6.07, 6.45) is -0.136. The number of rotatable bonds is 3. The van der Waals surface area contributed by atoms with Crippen LogP contribution in [0.3, 0.4) is 0 Å². The van der Waals surface area contributed by atoms with Crippen molar-refractivity contribution in [2.75, 3.05) is 7.11 Å². The van der Waals surface area contributed by atoms with Crippen LogP contribution in [-0.2, 0) is 4.74 Å². The Morgan fingerprint density at radius 2 is 2.00 bits per heavy atom. The van der Waals surface area contributed by atoms with Crippen molar-refractivity contribution in [2.24, 2.45) is 0 Å². The molecule has 1 aliphatic carbocycles. The fourth-order valence-electron chi connectivity index (χ4n) is 2.45. The number of hydrogen-bond acceptors (Lipinski definition) is 3. The minimum Gasteiger partial charge on any atom is -0.486 e. The predicted octanol–water partition coefficient (Wildman–Crippen LogP) is 3.13. The van der Waals surface area contributed by atoms with Crippen molar-refractivity contribution in [3.05, 3.63) is 40.9 Å². The van der Waals surface area contributed by atoms with Crippen molar-refractivity contribution >= 4 is 26.7 Å². The first-order valence-electron chi connectivity index (χ1n) is 6.25. The second kappa shape index (κ2) is 5.12. The quantitative estimate of drug-likeness (QED) is 0.943. The van der Waals surface area contributed by atoms with Crippen molar-refractivity contribution in [2.45, 2.75) is 24.7 Å². The van der Waals surface area contributed by atoms with Crippen LogP contribution in [-0.4, -0.2) is 30.5 Å². The van der Waals surface area contributed by atoms with E-state index in [0.29, 0.717) is 6.42 Å². The van der Waals surface area contributed by atoms with E-state index in [9.17, 15) is 5.11 Å². The standard InChI is InChI=1S/C15H15BrO3/c1-18-15-11(17)8-13(15)19-12-7-6-9-4-2-3-5-10(9)14(12)16/h2-7,11,13,15,17H,8H2,1H3. The number of halogens is 1. The van der Waals surface area contributed by atoms with Crippen molar-refractivity contribution in [1.82, 2.24) is 0 Å². The fraction of sp³-hybridized carbons (Fsp3) is 0.333. The highest BCUT2D eigenvalue weighted by molar-refractivity contribution is 9.10. The first kappa shape index (κ1) is 12.9. The molecular formula is C15H15BrO3. The molecule has 3 atom stereocenters. The Morgan fingerprint density at radius 3 is 2.74 bits per heavy atom. The van der Waals surface area contributed by atoms with E-state index < -0.39 is 6.10 Å². The number of benzene rings is 2. The number of ether oxygens (including phenoxy) is 2. The molecule has 3 rings (SSSR count). The number of methoxy groups -OCH3 is 1. The van der Waals surface area contributed by atoms with E-state index in [-0.39, 0.29) is 12.2 Å². The largest absolute Gasteiger partial charge is 0.486 e. The first-order valence-corrected chi connectivity index (χ1v) is 7.05. The molecule has 100 valence electrons. The summed E-state index contributed by atoms with van der Waals surface area (Å²) in [5, 5.41) is 11.9. The van der Waals surface area contributed by atoms with Crippen LogP contribution in [0.1, 0.15) is 6.42 Å². The molecule has 3 unspecified atom stereocenters. The molecule has 0 saturated heterocycles. The van der Waals surface area contributed by atoms with E-state index >= 15 is 0 Å². The van der Waals surface area contributed by atoms with Gasteiger partial charge in [0.15, 0.2) is 0 Å². The Morgan fingerprint density at radius 1 is 1.21 bits per heavy atom. The lowest BCUT2D eigenvalue weighted by Crippen LogP contribution is -2.54. The molecule has 19 heavy (non-hydrogen) atoms. The number of aliphatic hydroxyl groups is 1. The van der Waals surface area contributed by atoms with Gasteiger partial charge in [0, 0.05) is 13.5 Å². The summed E-state index contributed by atoms with van der Waals surface area (Å²) in [6.45, 7) is 0. The van der Waals surface area contributed by atoms with Crippen molar-refractivity contribution in [1.29, 1.82) is 0 Å². The maximum absolute atomic E-state index is 9.58. The van der Waals surface area contributed by atoms with Crippen molar-refractivity contribution in [3.63, 3.8) is 0 Å². The Kier molecular flexibility index (Phi) is 3.48. The molecule has 1 saturated carbocycles. The Bertz CT molecular complexity index is 599. The van der Waals surface area contributed by atoms with Gasteiger partial charge in [-0.2, -0.15) is 0 Å². The van der Waals surface area contributed by atoms with Gasteiger partial charge in [-0.1, -0.05) is 30.3 Å². The summed E-state index contributed by atoms with van der Waals surface area (Å²) >= 11 is 3.59. The molecule has 0 aromatic heterocycles. The van der Waals surface area contributed by atoms with Crippen molar-refractivity contribution in [3.8, 4) is 5.75 Å². The third kappa shape index (κ3) is 2.24. The first-order chi connectivity index (χ1) is 9.20. The molecule has 1 aliphatic rings. The maximum Gasteiger partial charge on any atom is 0.134 e. The van der Waals surface area contributed by atoms with Gasteiger partial charge in [0.05, 0.1) is 10.6 Å². The SMILES string of the molecule is COC1C(O)CC1Oc1ccc2ccccc2c1Br. The van der Waals surface area contributed by atoms with Gasteiger partial charge in [-0.3, -0.25) is 0 Å². The Labute approximate surface area is 120 Å². The second-order valence-corrected chi connectivity index (χ2v) is 5.55. The zero-order chi connectivity index (χ0) is 13.4. The average Bonchev–Trinajstić information content (AvgIpc) is 2.41. The molecule has 3 nitrogen and oxygen atoms in total. The third-order valence-corrected chi connectivity index (χ3v) is 4.42. The molecule has 2 aromatic carbocycles. The molecule has 0 aliphatic heterocycles. The summed E-state index contributed by atoms with van der Waals surface area (Å²) in [4.78, 5) is 0. The highest BCUT2D eigenvalue weighted by Gasteiger charge is 2.42. The summed E-state index contributed by atoms with van der Waals surface area (Å²) < 4.78 is 12.1. The van der Waals surface area contributed by atoms with Crippen LogP contribution >= 0.6 is 15.9 Å². The topological polar surface area (TPSA) is 38.7 Å². The van der Waals surface area contributed by atoms with Gasteiger partial charge in [-0.25, -0.2) is 0 Å². The lowest BCUT2D eigenvalue weighted by Gasteiger charge is -2.40. The third-order valence-electron chi connectivity index (χ3n) is 3.60. The van der Waals surface area contributed by atoms with E-state index in [4.69, 9.17) is 9.47 Å². The van der Waals surface area contributed by atoms with E-state index in [0.717, 1.165) is 15.6 Å². The molecule has 0 spiro atoms. The van der Waals surface area contributed by atoms with Gasteiger partial charge in [0.1, 0.15) is 18.0 Å². The molecule has 4 heteroatoms. The van der Waals surface area contributed by atoms with Crippen LogP contribution in [0.15, 0.2) is 40.9 Å². The maximum atomic E-state index is 9.58. The van der Waals surface area contributed by atoms with E-state index in [1.54, 1.807) is 7.11 Å². The van der Waals surface area contributed by atoms with Gasteiger partial charge >= 0.3 is 0 Å². The molecule has 0 amide bonds. The lowest BCUT2D eigenvalue weighted by atomic mass is 9.88. The summed E-state index contributed by atoms with van der Waals surface area (Å²) in [5.41, 5.74) is 0. The van der Waals surface area contributed by atoms with Crippen LogP contribution in [0, 0.1) is 0 Å². The van der Waals surface area contributed by atoms with E-state index in [2.05, 4.69) is 28.1 Å². The minimum absolute atomic E-state index is 0.0857. The highest BCUT2D eigenvalue weighted by atomic mass is 79.9. The van der Waals surface area contributed by atoms with Gasteiger partial charge in [-0.15, -0.1) is 0 Å². The molecule has 0 heterocycles. The van der Waals surface area contributed by atoms with Gasteiger partial charge in [0.25, 0.3) is 0 Å². The smallest absolute Gasteiger partial charge is 0.134 e. The Balaban J connectivity index is 1.88. The summed E-state index contributed by atoms with van der Waals surface area (Å²) in [5.74, 6) is 0.789. The van der Waals surface area contributed by atoms with Crippen LogP contribution in [0.4, 0.5) is 0 Å². The van der Waals surface area contributed by atoms with Crippen LogP contribution in [0.25, 0.3) is 10.8 Å². The van der Waals surface area contributed by atoms with Crippen LogP contribution < -0.4 is 4.74 Å². The molecule has 1 N–H and O–H groups in total. The summed E-state index contributed by atoms with van der Waals surface area (Å²) in [6, 6.07) is 12.1. The average molecular weight is 323 g/mol. The Hall–Kier alpha value is -1.10. The number of fused-ring (bicyclic) bond motifs is 1. The minimum atomic E-state index is -0.422. The predicted molar refractivity (Wildman–Crippen MR) is 77.5 cm³/mol. The fourth-order valence-corrected chi connectivity index (χ4v) is 3.04. The second-order valence-electron chi connectivity index (χ2n) is 4.76. The number of hydrogen-bond donors (Lipinski definition) is 1. The van der Waals surface area contributed by atoms with Gasteiger partial charge in [0.2, 0.25) is 0 Å². The highest BCUT2D eigenvalue weighted by Crippen LogP contribution is 2.36. The molecule has 0 bridgehead atoms. The van der Waals surface area contributed by atoms with Crippen LogP contribution in [0.2, 0.25) is 0 Å². The zero-order valence-electron chi connectivity index (χ0n) is 10.5. The van der Waals surface area contributed by atoms with Gasteiger partial charge < -0.3 is 14.6 Å². The normalized spacial score (nSPS) is 26.2.